The second-order valence-electron chi connectivity index (χ2n) is 5.06. The Bertz CT molecular complexity index is 500. The Morgan fingerprint density at radius 2 is 2.05 bits per heavy atom. The molecule has 1 amide bonds. The molecular weight excluding hydrogens is 338 g/mol. The fourth-order valence-electron chi connectivity index (χ4n) is 2.24. The predicted octanol–water partition coefficient (Wildman–Crippen LogP) is 2.13. The number of hydrogen-bond acceptors (Lipinski definition) is 4. The second-order valence-corrected chi connectivity index (χ2v) is 5.97. The smallest absolute Gasteiger partial charge is 0.263 e. The maximum Gasteiger partial charge on any atom is 0.263 e. The van der Waals surface area contributed by atoms with Crippen molar-refractivity contribution in [3.63, 3.8) is 0 Å². The van der Waals surface area contributed by atoms with E-state index < -0.39 is 12.2 Å². The van der Waals surface area contributed by atoms with E-state index in [2.05, 4.69) is 15.9 Å². The van der Waals surface area contributed by atoms with Crippen LogP contribution in [0.15, 0.2) is 22.7 Å². The van der Waals surface area contributed by atoms with Crippen molar-refractivity contribution < 1.29 is 19.4 Å². The maximum absolute atomic E-state index is 12.3. The van der Waals surface area contributed by atoms with Crippen molar-refractivity contribution in [2.45, 2.75) is 26.1 Å². The zero-order chi connectivity index (χ0) is 15.4. The highest BCUT2D eigenvalue weighted by molar-refractivity contribution is 9.10. The molecule has 1 saturated heterocycles. The first-order chi connectivity index (χ1) is 9.99. The first kappa shape index (κ1) is 16.3. The van der Waals surface area contributed by atoms with Gasteiger partial charge in [-0.15, -0.1) is 0 Å². The lowest BCUT2D eigenvalue weighted by molar-refractivity contribution is -0.142. The molecule has 6 heteroatoms. The number of ether oxygens (including phenoxy) is 2. The highest BCUT2D eigenvalue weighted by Gasteiger charge is 2.24. The van der Waals surface area contributed by atoms with E-state index in [4.69, 9.17) is 9.47 Å². The third-order valence-corrected chi connectivity index (χ3v) is 3.89. The van der Waals surface area contributed by atoms with Crippen LogP contribution in [0, 0.1) is 0 Å². The lowest BCUT2D eigenvalue weighted by atomic mass is 10.1. The summed E-state index contributed by atoms with van der Waals surface area (Å²) in [4.78, 5) is 14.1. The summed E-state index contributed by atoms with van der Waals surface area (Å²) in [5, 5.41) is 9.79. The van der Waals surface area contributed by atoms with Crippen molar-refractivity contribution in [1.29, 1.82) is 0 Å². The molecule has 0 radical (unpaired) electrons. The summed E-state index contributed by atoms with van der Waals surface area (Å²) in [6, 6.07) is 5.39. The average molecular weight is 358 g/mol. The third-order valence-electron chi connectivity index (χ3n) is 3.40. The number of benzene rings is 1. The number of hydrogen-bond donors (Lipinski definition) is 1. The van der Waals surface area contributed by atoms with Gasteiger partial charge in [-0.2, -0.15) is 0 Å². The van der Waals surface area contributed by atoms with E-state index in [1.165, 1.54) is 0 Å². The van der Waals surface area contributed by atoms with Crippen molar-refractivity contribution in [3.8, 4) is 5.75 Å². The van der Waals surface area contributed by atoms with Crippen LogP contribution >= 0.6 is 15.9 Å². The Balaban J connectivity index is 2.09. The molecule has 1 fully saturated rings. The molecule has 1 aliphatic heterocycles. The minimum absolute atomic E-state index is 0.0604. The van der Waals surface area contributed by atoms with Gasteiger partial charge in [-0.05, 0) is 26.0 Å². The van der Waals surface area contributed by atoms with E-state index in [1.807, 2.05) is 6.07 Å². The van der Waals surface area contributed by atoms with Crippen LogP contribution < -0.4 is 4.74 Å². The molecule has 1 N–H and O–H groups in total. The van der Waals surface area contributed by atoms with Crippen LogP contribution in [-0.2, 0) is 9.53 Å². The molecule has 1 aromatic carbocycles. The minimum Gasteiger partial charge on any atom is -0.480 e. The highest BCUT2D eigenvalue weighted by atomic mass is 79.9. The SMILES string of the molecule is CC(Oc1cc(Br)ccc1[C@@H](C)O)C(=O)N1CCOCC1. The standard InChI is InChI=1S/C15H20BrNO4/c1-10(18)13-4-3-12(16)9-14(13)21-11(2)15(19)17-5-7-20-8-6-17/h3-4,9-11,18H,5-8H2,1-2H3/t10-,11?/m1/s1. The summed E-state index contributed by atoms with van der Waals surface area (Å²) in [5.41, 5.74) is 0.667. The Morgan fingerprint density at radius 1 is 1.38 bits per heavy atom. The maximum atomic E-state index is 12.3. The molecule has 0 spiro atoms. The van der Waals surface area contributed by atoms with Gasteiger partial charge in [0.05, 0.1) is 19.3 Å². The predicted molar refractivity (Wildman–Crippen MR) is 82.3 cm³/mol. The number of nitrogens with zero attached hydrogens (tertiary/aromatic N) is 1. The van der Waals surface area contributed by atoms with Gasteiger partial charge in [-0.1, -0.05) is 22.0 Å². The molecule has 116 valence electrons. The lowest BCUT2D eigenvalue weighted by Crippen LogP contribution is -2.46. The van der Waals surface area contributed by atoms with Crippen molar-refractivity contribution in [2.24, 2.45) is 0 Å². The molecular formula is C15H20BrNO4. The Morgan fingerprint density at radius 3 is 2.67 bits per heavy atom. The van der Waals surface area contributed by atoms with Gasteiger partial charge >= 0.3 is 0 Å². The van der Waals surface area contributed by atoms with Gasteiger partial charge in [0.15, 0.2) is 6.10 Å². The molecule has 0 aliphatic carbocycles. The molecule has 1 unspecified atom stereocenters. The molecule has 1 aromatic rings. The number of halogens is 1. The summed E-state index contributed by atoms with van der Waals surface area (Å²) >= 11 is 3.38. The summed E-state index contributed by atoms with van der Waals surface area (Å²) in [7, 11) is 0. The van der Waals surface area contributed by atoms with Crippen LogP contribution in [-0.4, -0.2) is 48.3 Å². The van der Waals surface area contributed by atoms with Gasteiger partial charge in [-0.25, -0.2) is 0 Å². The van der Waals surface area contributed by atoms with Crippen LogP contribution in [0.2, 0.25) is 0 Å². The number of amides is 1. The molecule has 0 aromatic heterocycles. The number of rotatable bonds is 4. The molecule has 2 atom stereocenters. The van der Waals surface area contributed by atoms with Crippen LogP contribution in [0.25, 0.3) is 0 Å². The van der Waals surface area contributed by atoms with Crippen molar-refractivity contribution in [3.05, 3.63) is 28.2 Å². The van der Waals surface area contributed by atoms with Gasteiger partial charge in [0.1, 0.15) is 5.75 Å². The van der Waals surface area contributed by atoms with Gasteiger partial charge in [0.2, 0.25) is 0 Å². The van der Waals surface area contributed by atoms with E-state index in [0.717, 1.165) is 4.47 Å². The molecule has 5 nitrogen and oxygen atoms in total. The Labute approximate surface area is 133 Å². The molecule has 1 aliphatic rings. The number of aliphatic hydroxyl groups is 1. The molecule has 21 heavy (non-hydrogen) atoms. The van der Waals surface area contributed by atoms with Crippen molar-refractivity contribution >= 4 is 21.8 Å². The Kier molecular flexibility index (Phi) is 5.61. The van der Waals surface area contributed by atoms with E-state index in [1.54, 1.807) is 30.9 Å². The number of morpholine rings is 1. The van der Waals surface area contributed by atoms with Gasteiger partial charge < -0.3 is 19.5 Å². The van der Waals surface area contributed by atoms with Crippen LogP contribution in [0.5, 0.6) is 5.75 Å². The number of aliphatic hydroxyl groups excluding tert-OH is 1. The molecule has 0 saturated carbocycles. The van der Waals surface area contributed by atoms with Crippen molar-refractivity contribution in [1.82, 2.24) is 4.90 Å². The third kappa shape index (κ3) is 4.18. The van der Waals surface area contributed by atoms with Crippen LogP contribution in [0.3, 0.4) is 0 Å². The monoisotopic (exact) mass is 357 g/mol. The second kappa shape index (κ2) is 7.24. The van der Waals surface area contributed by atoms with Crippen molar-refractivity contribution in [2.75, 3.05) is 26.3 Å². The lowest BCUT2D eigenvalue weighted by Gasteiger charge is -2.29. The summed E-state index contributed by atoms with van der Waals surface area (Å²) in [6.45, 7) is 5.71. The largest absolute Gasteiger partial charge is 0.480 e. The van der Waals surface area contributed by atoms with E-state index >= 15 is 0 Å². The van der Waals surface area contributed by atoms with Gasteiger partial charge in [0.25, 0.3) is 5.91 Å². The van der Waals surface area contributed by atoms with Crippen LogP contribution in [0.1, 0.15) is 25.5 Å². The first-order valence-corrected chi connectivity index (χ1v) is 7.79. The van der Waals surface area contributed by atoms with E-state index in [9.17, 15) is 9.90 Å². The minimum atomic E-state index is -0.654. The zero-order valence-corrected chi connectivity index (χ0v) is 13.8. The van der Waals surface area contributed by atoms with E-state index in [-0.39, 0.29) is 5.91 Å². The van der Waals surface area contributed by atoms with Gasteiger partial charge in [0, 0.05) is 23.1 Å². The van der Waals surface area contributed by atoms with E-state index in [0.29, 0.717) is 37.6 Å². The molecule has 1 heterocycles. The van der Waals surface area contributed by atoms with Crippen LogP contribution in [0.4, 0.5) is 0 Å². The quantitative estimate of drug-likeness (QED) is 0.896. The zero-order valence-electron chi connectivity index (χ0n) is 12.2. The number of carbonyl (C=O) groups is 1. The Hall–Kier alpha value is -1.11. The fraction of sp³-hybridized carbons (Fsp3) is 0.533. The highest BCUT2D eigenvalue weighted by Crippen LogP contribution is 2.29. The molecule has 2 rings (SSSR count). The fourth-order valence-corrected chi connectivity index (χ4v) is 2.58. The number of carbonyl (C=O) groups excluding carboxylic acids is 1. The normalized spacial score (nSPS) is 18.2. The molecule has 0 bridgehead atoms. The average Bonchev–Trinajstić information content (AvgIpc) is 2.47. The summed E-state index contributed by atoms with van der Waals surface area (Å²) < 4.78 is 11.9. The van der Waals surface area contributed by atoms with Gasteiger partial charge in [-0.3, -0.25) is 4.79 Å². The first-order valence-electron chi connectivity index (χ1n) is 6.99. The summed E-state index contributed by atoms with van der Waals surface area (Å²) in [5.74, 6) is 0.461. The summed E-state index contributed by atoms with van der Waals surface area (Å²) in [6.07, 6.45) is -1.26. The topological polar surface area (TPSA) is 59.0 Å².